The maximum atomic E-state index is 12.8. The van der Waals surface area contributed by atoms with Crippen molar-refractivity contribution in [3.63, 3.8) is 0 Å². The molecule has 2 aromatic rings. The molecule has 1 aromatic heterocycles. The number of nitrogens with one attached hydrogen (secondary N) is 1. The van der Waals surface area contributed by atoms with Crippen molar-refractivity contribution in [2.24, 2.45) is 5.92 Å². The van der Waals surface area contributed by atoms with E-state index in [1.807, 2.05) is 0 Å². The standard InChI is InChI=1S/C20H19ClF3N3O3/c1-30-19(29)13-2-4-15(5-3-13)26-18(28)12-6-8-27(9-7-12)17-16(21)10-14(11-25-17)20(22,23)24/h2-5,10-12H,6-9H2,1H3,(H,26,28). The predicted octanol–water partition coefficient (Wildman–Crippen LogP) is 4.40. The minimum Gasteiger partial charge on any atom is -0.465 e. The van der Waals surface area contributed by atoms with Gasteiger partial charge in [-0.05, 0) is 43.2 Å². The van der Waals surface area contributed by atoms with E-state index in [1.165, 1.54) is 7.11 Å². The molecular formula is C20H19ClF3N3O3. The molecule has 1 N–H and O–H groups in total. The van der Waals surface area contributed by atoms with E-state index >= 15 is 0 Å². The van der Waals surface area contributed by atoms with Crippen LogP contribution < -0.4 is 10.2 Å². The second-order valence-electron chi connectivity index (χ2n) is 6.85. The summed E-state index contributed by atoms with van der Waals surface area (Å²) in [5.41, 5.74) is 0.0380. The number of alkyl halides is 3. The van der Waals surface area contributed by atoms with Gasteiger partial charge in [-0.3, -0.25) is 4.79 Å². The number of piperidine rings is 1. The van der Waals surface area contributed by atoms with Crippen molar-refractivity contribution < 1.29 is 27.5 Å². The first-order valence-corrected chi connectivity index (χ1v) is 9.53. The molecular weight excluding hydrogens is 423 g/mol. The summed E-state index contributed by atoms with van der Waals surface area (Å²) in [5, 5.41) is 2.74. The number of rotatable bonds is 4. The number of nitrogens with zero attached hydrogens (tertiary/aromatic N) is 2. The van der Waals surface area contributed by atoms with Crippen LogP contribution in [0.5, 0.6) is 0 Å². The fourth-order valence-electron chi connectivity index (χ4n) is 3.22. The molecule has 1 fully saturated rings. The smallest absolute Gasteiger partial charge is 0.417 e. The number of carbonyl (C=O) groups excluding carboxylic acids is 2. The third-order valence-corrected chi connectivity index (χ3v) is 5.17. The summed E-state index contributed by atoms with van der Waals surface area (Å²) in [6, 6.07) is 7.21. The van der Waals surface area contributed by atoms with Gasteiger partial charge in [-0.25, -0.2) is 9.78 Å². The number of benzene rings is 1. The van der Waals surface area contributed by atoms with Crippen LogP contribution in [0.4, 0.5) is 24.7 Å². The molecule has 0 unspecified atom stereocenters. The van der Waals surface area contributed by atoms with Gasteiger partial charge in [0.1, 0.15) is 5.82 Å². The molecule has 1 aliphatic rings. The Labute approximate surface area is 176 Å². The molecule has 2 heterocycles. The van der Waals surface area contributed by atoms with Gasteiger partial charge in [-0.2, -0.15) is 13.2 Å². The molecule has 1 aliphatic heterocycles. The normalized spacial score (nSPS) is 15.0. The van der Waals surface area contributed by atoms with Crippen LogP contribution in [-0.2, 0) is 15.7 Å². The van der Waals surface area contributed by atoms with Crippen LogP contribution >= 0.6 is 11.6 Å². The molecule has 0 bridgehead atoms. The molecule has 160 valence electrons. The molecule has 0 radical (unpaired) electrons. The highest BCUT2D eigenvalue weighted by atomic mass is 35.5. The zero-order valence-electron chi connectivity index (χ0n) is 16.0. The van der Waals surface area contributed by atoms with Gasteiger partial charge >= 0.3 is 12.1 Å². The Morgan fingerprint density at radius 2 is 1.83 bits per heavy atom. The molecule has 1 saturated heterocycles. The number of pyridine rings is 1. The van der Waals surface area contributed by atoms with E-state index < -0.39 is 17.7 Å². The minimum atomic E-state index is -4.50. The number of halogens is 4. The lowest BCUT2D eigenvalue weighted by Gasteiger charge is -2.32. The Balaban J connectivity index is 1.57. The van der Waals surface area contributed by atoms with Gasteiger partial charge in [0.25, 0.3) is 0 Å². The van der Waals surface area contributed by atoms with Crippen molar-refractivity contribution in [2.75, 3.05) is 30.4 Å². The molecule has 0 saturated carbocycles. The Kier molecular flexibility index (Phi) is 6.50. The Bertz CT molecular complexity index is 927. The zero-order chi connectivity index (χ0) is 21.9. The summed E-state index contributed by atoms with van der Waals surface area (Å²) in [6.45, 7) is 0.884. The average molecular weight is 442 g/mol. The summed E-state index contributed by atoms with van der Waals surface area (Å²) < 4.78 is 42.9. The highest BCUT2D eigenvalue weighted by Crippen LogP contribution is 2.34. The first kappa shape index (κ1) is 21.9. The Morgan fingerprint density at radius 1 is 1.20 bits per heavy atom. The predicted molar refractivity (Wildman–Crippen MR) is 106 cm³/mol. The van der Waals surface area contributed by atoms with E-state index in [0.29, 0.717) is 37.2 Å². The van der Waals surface area contributed by atoms with Crippen LogP contribution in [0.1, 0.15) is 28.8 Å². The highest BCUT2D eigenvalue weighted by molar-refractivity contribution is 6.33. The van der Waals surface area contributed by atoms with Gasteiger partial charge in [-0.1, -0.05) is 11.6 Å². The molecule has 1 aromatic carbocycles. The third-order valence-electron chi connectivity index (χ3n) is 4.89. The summed E-state index contributed by atoms with van der Waals surface area (Å²) in [5.74, 6) is -0.598. The Morgan fingerprint density at radius 3 is 2.37 bits per heavy atom. The first-order valence-electron chi connectivity index (χ1n) is 9.16. The lowest BCUT2D eigenvalue weighted by Crippen LogP contribution is -2.38. The van der Waals surface area contributed by atoms with Crippen LogP contribution in [0.2, 0.25) is 5.02 Å². The van der Waals surface area contributed by atoms with Crippen molar-refractivity contribution in [2.45, 2.75) is 19.0 Å². The summed E-state index contributed by atoms with van der Waals surface area (Å²) >= 11 is 6.00. The van der Waals surface area contributed by atoms with Crippen molar-refractivity contribution in [3.05, 3.63) is 52.7 Å². The van der Waals surface area contributed by atoms with Crippen LogP contribution in [0, 0.1) is 5.92 Å². The van der Waals surface area contributed by atoms with Gasteiger partial charge in [-0.15, -0.1) is 0 Å². The number of esters is 1. The molecule has 6 nitrogen and oxygen atoms in total. The molecule has 0 atom stereocenters. The summed E-state index contributed by atoms with van der Waals surface area (Å²) in [7, 11) is 1.29. The van der Waals surface area contributed by atoms with E-state index in [2.05, 4.69) is 15.0 Å². The monoisotopic (exact) mass is 441 g/mol. The number of ether oxygens (including phenoxy) is 1. The molecule has 1 amide bonds. The summed E-state index contributed by atoms with van der Waals surface area (Å²) in [6.07, 6.45) is -2.73. The number of aromatic nitrogens is 1. The van der Waals surface area contributed by atoms with Crippen LogP contribution in [0.3, 0.4) is 0 Å². The van der Waals surface area contributed by atoms with Crippen molar-refractivity contribution in [1.82, 2.24) is 4.98 Å². The van der Waals surface area contributed by atoms with E-state index in [9.17, 15) is 22.8 Å². The van der Waals surface area contributed by atoms with Crippen molar-refractivity contribution in [1.29, 1.82) is 0 Å². The highest BCUT2D eigenvalue weighted by Gasteiger charge is 2.33. The molecule has 10 heteroatoms. The van der Waals surface area contributed by atoms with Gasteiger partial charge in [0.2, 0.25) is 5.91 Å². The molecule has 30 heavy (non-hydrogen) atoms. The molecule has 0 spiro atoms. The van der Waals surface area contributed by atoms with Crippen LogP contribution in [-0.4, -0.2) is 37.1 Å². The van der Waals surface area contributed by atoms with E-state index in [4.69, 9.17) is 11.6 Å². The number of hydrogen-bond donors (Lipinski definition) is 1. The van der Waals surface area contributed by atoms with Crippen molar-refractivity contribution >= 4 is 35.0 Å². The topological polar surface area (TPSA) is 71.5 Å². The van der Waals surface area contributed by atoms with E-state index in [-0.39, 0.29) is 22.7 Å². The number of carbonyl (C=O) groups is 2. The molecule has 3 rings (SSSR count). The fourth-order valence-corrected chi connectivity index (χ4v) is 3.51. The van der Waals surface area contributed by atoms with E-state index in [0.717, 1.165) is 12.3 Å². The van der Waals surface area contributed by atoms with Crippen molar-refractivity contribution in [3.8, 4) is 0 Å². The zero-order valence-corrected chi connectivity index (χ0v) is 16.8. The second kappa shape index (κ2) is 8.91. The summed E-state index contributed by atoms with van der Waals surface area (Å²) in [4.78, 5) is 29.6. The van der Waals surface area contributed by atoms with Gasteiger partial charge in [0, 0.05) is 30.9 Å². The number of anilines is 2. The maximum Gasteiger partial charge on any atom is 0.417 e. The number of methoxy groups -OCH3 is 1. The van der Waals surface area contributed by atoms with Gasteiger partial charge < -0.3 is 15.0 Å². The van der Waals surface area contributed by atoms with Gasteiger partial charge in [0.15, 0.2) is 0 Å². The number of amides is 1. The quantitative estimate of drug-likeness (QED) is 0.712. The largest absolute Gasteiger partial charge is 0.465 e. The lowest BCUT2D eigenvalue weighted by molar-refractivity contribution is -0.137. The van der Waals surface area contributed by atoms with E-state index in [1.54, 1.807) is 29.2 Å². The SMILES string of the molecule is COC(=O)c1ccc(NC(=O)C2CCN(c3ncc(C(F)(F)F)cc3Cl)CC2)cc1. The van der Waals surface area contributed by atoms with Crippen LogP contribution in [0.25, 0.3) is 0 Å². The Hall–Kier alpha value is -2.81. The second-order valence-corrected chi connectivity index (χ2v) is 7.25. The third kappa shape index (κ3) is 5.02. The van der Waals surface area contributed by atoms with Crippen LogP contribution in [0.15, 0.2) is 36.5 Å². The van der Waals surface area contributed by atoms with Gasteiger partial charge in [0.05, 0.1) is 23.3 Å². The number of hydrogen-bond acceptors (Lipinski definition) is 5. The first-order chi connectivity index (χ1) is 14.2. The average Bonchev–Trinajstić information content (AvgIpc) is 2.73. The minimum absolute atomic E-state index is 0.0709. The maximum absolute atomic E-state index is 12.8. The molecule has 0 aliphatic carbocycles. The lowest BCUT2D eigenvalue weighted by atomic mass is 9.95. The fraction of sp³-hybridized carbons (Fsp3) is 0.350.